The van der Waals surface area contributed by atoms with Crippen molar-refractivity contribution in [3.8, 4) is 0 Å². The molecule has 0 radical (unpaired) electrons. The van der Waals surface area contributed by atoms with E-state index < -0.39 is 11.0 Å². The van der Waals surface area contributed by atoms with Crippen molar-refractivity contribution in [3.63, 3.8) is 0 Å². The van der Waals surface area contributed by atoms with Crippen LogP contribution in [0.1, 0.15) is 37.2 Å². The SMILES string of the molecule is Cc1ccccc1C1(c2ncncn2)C=C(N)C(C)C(C)(N)C1. The van der Waals surface area contributed by atoms with Crippen LogP contribution in [-0.2, 0) is 5.41 Å². The molecule has 0 saturated heterocycles. The van der Waals surface area contributed by atoms with Crippen molar-refractivity contribution < 1.29 is 0 Å². The number of hydrogen-bond acceptors (Lipinski definition) is 5. The Kier molecular flexibility index (Phi) is 3.68. The lowest BCUT2D eigenvalue weighted by Crippen LogP contribution is -2.54. The molecule has 1 aromatic heterocycles. The van der Waals surface area contributed by atoms with Crippen LogP contribution in [0.25, 0.3) is 0 Å². The molecule has 4 N–H and O–H groups in total. The highest BCUT2D eigenvalue weighted by Gasteiger charge is 2.47. The summed E-state index contributed by atoms with van der Waals surface area (Å²) in [6.45, 7) is 6.21. The minimum absolute atomic E-state index is 0.0986. The number of hydrogen-bond donors (Lipinski definition) is 2. The fraction of sp³-hybridized carbons (Fsp3) is 0.389. The Labute approximate surface area is 136 Å². The van der Waals surface area contributed by atoms with E-state index in [9.17, 15) is 0 Å². The summed E-state index contributed by atoms with van der Waals surface area (Å²) in [5.41, 5.74) is 15.1. The van der Waals surface area contributed by atoms with Gasteiger partial charge in [-0.15, -0.1) is 0 Å². The third kappa shape index (κ3) is 2.51. The van der Waals surface area contributed by atoms with Gasteiger partial charge >= 0.3 is 0 Å². The van der Waals surface area contributed by atoms with E-state index in [0.29, 0.717) is 12.2 Å². The largest absolute Gasteiger partial charge is 0.402 e. The molecule has 1 heterocycles. The molecule has 0 saturated carbocycles. The summed E-state index contributed by atoms with van der Waals surface area (Å²) >= 11 is 0. The lowest BCUT2D eigenvalue weighted by Gasteiger charge is -2.46. The molecule has 1 aliphatic rings. The number of rotatable bonds is 2. The van der Waals surface area contributed by atoms with Crippen LogP contribution in [-0.4, -0.2) is 20.5 Å². The van der Waals surface area contributed by atoms with E-state index >= 15 is 0 Å². The van der Waals surface area contributed by atoms with E-state index in [1.165, 1.54) is 18.2 Å². The third-order valence-corrected chi connectivity index (χ3v) is 5.08. The first kappa shape index (κ1) is 15.6. The number of nitrogens with two attached hydrogens (primary N) is 2. The van der Waals surface area contributed by atoms with E-state index in [4.69, 9.17) is 11.5 Å². The average Bonchev–Trinajstić information content (AvgIpc) is 2.53. The van der Waals surface area contributed by atoms with Crippen LogP contribution >= 0.6 is 0 Å². The average molecular weight is 309 g/mol. The smallest absolute Gasteiger partial charge is 0.146 e. The van der Waals surface area contributed by atoms with Crippen LogP contribution in [0.5, 0.6) is 0 Å². The van der Waals surface area contributed by atoms with Gasteiger partial charge in [-0.05, 0) is 37.5 Å². The van der Waals surface area contributed by atoms with Crippen molar-refractivity contribution in [2.45, 2.75) is 38.1 Å². The summed E-state index contributed by atoms with van der Waals surface area (Å²) < 4.78 is 0. The second kappa shape index (κ2) is 5.42. The summed E-state index contributed by atoms with van der Waals surface area (Å²) in [5, 5.41) is 0. The second-order valence-corrected chi connectivity index (χ2v) is 6.80. The van der Waals surface area contributed by atoms with E-state index in [-0.39, 0.29) is 5.92 Å². The second-order valence-electron chi connectivity index (χ2n) is 6.80. The van der Waals surface area contributed by atoms with E-state index in [0.717, 1.165) is 11.3 Å². The van der Waals surface area contributed by atoms with Crippen LogP contribution in [0, 0.1) is 12.8 Å². The molecular weight excluding hydrogens is 286 g/mol. The Morgan fingerprint density at radius 2 is 1.83 bits per heavy atom. The lowest BCUT2D eigenvalue weighted by molar-refractivity contribution is 0.261. The van der Waals surface area contributed by atoms with Crippen molar-refractivity contribution in [2.24, 2.45) is 17.4 Å². The van der Waals surface area contributed by atoms with Crippen LogP contribution in [0.15, 0.2) is 48.7 Å². The highest BCUT2D eigenvalue weighted by molar-refractivity contribution is 5.47. The van der Waals surface area contributed by atoms with E-state index in [1.54, 1.807) is 0 Å². The zero-order chi connectivity index (χ0) is 16.7. The summed E-state index contributed by atoms with van der Waals surface area (Å²) in [6, 6.07) is 8.25. The molecule has 0 aliphatic heterocycles. The molecule has 1 aromatic carbocycles. The Bertz CT molecular complexity index is 738. The van der Waals surface area contributed by atoms with Crippen molar-refractivity contribution in [1.82, 2.24) is 15.0 Å². The van der Waals surface area contributed by atoms with Gasteiger partial charge < -0.3 is 11.5 Å². The fourth-order valence-electron chi connectivity index (χ4n) is 3.58. The summed E-state index contributed by atoms with van der Waals surface area (Å²) in [7, 11) is 0. The molecule has 0 bridgehead atoms. The maximum Gasteiger partial charge on any atom is 0.146 e. The van der Waals surface area contributed by atoms with Gasteiger partial charge in [-0.2, -0.15) is 0 Å². The number of benzene rings is 1. The van der Waals surface area contributed by atoms with Crippen LogP contribution in [0.2, 0.25) is 0 Å². The van der Waals surface area contributed by atoms with E-state index in [1.807, 2.05) is 19.1 Å². The van der Waals surface area contributed by atoms with Gasteiger partial charge in [0.1, 0.15) is 18.5 Å². The van der Waals surface area contributed by atoms with Gasteiger partial charge in [0.15, 0.2) is 0 Å². The molecule has 120 valence electrons. The van der Waals surface area contributed by atoms with Crippen molar-refractivity contribution in [3.05, 3.63) is 65.6 Å². The van der Waals surface area contributed by atoms with Crippen molar-refractivity contribution >= 4 is 0 Å². The van der Waals surface area contributed by atoms with Crippen LogP contribution < -0.4 is 11.5 Å². The van der Waals surface area contributed by atoms with Gasteiger partial charge in [0, 0.05) is 17.2 Å². The summed E-state index contributed by atoms with van der Waals surface area (Å²) in [6.07, 6.45) is 5.83. The summed E-state index contributed by atoms with van der Waals surface area (Å²) in [4.78, 5) is 12.8. The highest BCUT2D eigenvalue weighted by atomic mass is 15.0. The third-order valence-electron chi connectivity index (χ3n) is 5.08. The molecule has 3 unspecified atom stereocenters. The maximum absolute atomic E-state index is 6.62. The van der Waals surface area contributed by atoms with Gasteiger partial charge in [-0.3, -0.25) is 0 Å². The van der Waals surface area contributed by atoms with E-state index in [2.05, 4.69) is 47.0 Å². The molecule has 1 aliphatic carbocycles. The number of nitrogens with zero attached hydrogens (tertiary/aromatic N) is 3. The van der Waals surface area contributed by atoms with Crippen molar-refractivity contribution in [2.75, 3.05) is 0 Å². The monoisotopic (exact) mass is 309 g/mol. The Morgan fingerprint density at radius 1 is 1.17 bits per heavy atom. The molecule has 3 atom stereocenters. The summed E-state index contributed by atoms with van der Waals surface area (Å²) in [5.74, 6) is 0.787. The van der Waals surface area contributed by atoms with Gasteiger partial charge in [0.05, 0.1) is 5.41 Å². The first-order valence-corrected chi connectivity index (χ1v) is 7.82. The highest BCUT2D eigenvalue weighted by Crippen LogP contribution is 2.46. The molecular formula is C18H23N5. The fourth-order valence-corrected chi connectivity index (χ4v) is 3.58. The van der Waals surface area contributed by atoms with Gasteiger partial charge in [-0.25, -0.2) is 15.0 Å². The predicted molar refractivity (Wildman–Crippen MR) is 90.4 cm³/mol. The molecule has 0 amide bonds. The number of aromatic nitrogens is 3. The molecule has 23 heavy (non-hydrogen) atoms. The number of aryl methyl sites for hydroxylation is 1. The Morgan fingerprint density at radius 3 is 2.43 bits per heavy atom. The molecule has 2 aromatic rings. The van der Waals surface area contributed by atoms with Crippen LogP contribution in [0.4, 0.5) is 0 Å². The normalized spacial score (nSPS) is 30.8. The standard InChI is InChI=1S/C18H23N5/c1-12-6-4-5-7-14(12)18(16-22-10-21-11-23-16)8-15(19)13(2)17(3,20)9-18/h4-8,10-11,13H,9,19-20H2,1-3H3. The molecule has 3 rings (SSSR count). The molecule has 5 nitrogen and oxygen atoms in total. The van der Waals surface area contributed by atoms with Gasteiger partial charge in [0.25, 0.3) is 0 Å². The molecule has 0 spiro atoms. The minimum Gasteiger partial charge on any atom is -0.402 e. The zero-order valence-corrected chi connectivity index (χ0v) is 13.8. The van der Waals surface area contributed by atoms with Gasteiger partial charge in [-0.1, -0.05) is 31.2 Å². The quantitative estimate of drug-likeness (QED) is 0.886. The predicted octanol–water partition coefficient (Wildman–Crippen LogP) is 2.07. The molecule has 0 fully saturated rings. The Balaban J connectivity index is 2.31. The minimum atomic E-state index is -0.533. The Hall–Kier alpha value is -2.27. The first-order chi connectivity index (χ1) is 10.9. The van der Waals surface area contributed by atoms with Gasteiger partial charge in [0.2, 0.25) is 0 Å². The topological polar surface area (TPSA) is 90.7 Å². The first-order valence-electron chi connectivity index (χ1n) is 7.82. The number of allylic oxidation sites excluding steroid dienone is 1. The van der Waals surface area contributed by atoms with Crippen LogP contribution in [0.3, 0.4) is 0 Å². The molecule has 5 heteroatoms. The maximum atomic E-state index is 6.62. The lowest BCUT2D eigenvalue weighted by atomic mass is 9.62. The van der Waals surface area contributed by atoms with Crippen molar-refractivity contribution in [1.29, 1.82) is 0 Å². The zero-order valence-electron chi connectivity index (χ0n) is 13.8.